The van der Waals surface area contributed by atoms with Crippen LogP contribution in [-0.4, -0.2) is 72.4 Å². The molecule has 1 aliphatic carbocycles. The molecule has 3 rings (SSSR count). The molecule has 0 spiro atoms. The van der Waals surface area contributed by atoms with E-state index in [1.54, 1.807) is 25.7 Å². The SMILES string of the molecule is COC(=O)[C@@H]1C[C@@H](OC(=O)N2CC3=C(CCC=C3)C2)CN1C(=O)OC(C)(C)C. The van der Waals surface area contributed by atoms with Crippen LogP contribution >= 0.6 is 0 Å². The second kappa shape index (κ2) is 7.85. The van der Waals surface area contributed by atoms with E-state index in [2.05, 4.69) is 12.2 Å². The molecule has 2 heterocycles. The minimum atomic E-state index is -0.828. The molecule has 154 valence electrons. The summed E-state index contributed by atoms with van der Waals surface area (Å²) in [4.78, 5) is 40.1. The summed E-state index contributed by atoms with van der Waals surface area (Å²) in [6.45, 7) is 6.46. The van der Waals surface area contributed by atoms with Crippen molar-refractivity contribution in [1.82, 2.24) is 9.80 Å². The summed E-state index contributed by atoms with van der Waals surface area (Å²) in [6, 6.07) is -0.828. The average Bonchev–Trinajstić information content (AvgIpc) is 3.23. The van der Waals surface area contributed by atoms with Crippen molar-refractivity contribution in [3.8, 4) is 0 Å². The van der Waals surface area contributed by atoms with Crippen LogP contribution in [0.25, 0.3) is 0 Å². The lowest BCUT2D eigenvalue weighted by molar-refractivity contribution is -0.145. The van der Waals surface area contributed by atoms with Crippen molar-refractivity contribution < 1.29 is 28.6 Å². The van der Waals surface area contributed by atoms with Gasteiger partial charge < -0.3 is 14.2 Å². The first-order valence-electron chi connectivity index (χ1n) is 9.58. The zero-order chi connectivity index (χ0) is 20.5. The van der Waals surface area contributed by atoms with Gasteiger partial charge in [0.05, 0.1) is 13.7 Å². The molecule has 0 aromatic carbocycles. The van der Waals surface area contributed by atoms with Crippen LogP contribution in [0.4, 0.5) is 9.59 Å². The number of ether oxygens (including phenoxy) is 3. The smallest absolute Gasteiger partial charge is 0.411 e. The summed E-state index contributed by atoms with van der Waals surface area (Å²) in [5, 5.41) is 0. The molecule has 3 aliphatic rings. The van der Waals surface area contributed by atoms with Gasteiger partial charge in [0, 0.05) is 19.5 Å². The van der Waals surface area contributed by atoms with Gasteiger partial charge in [-0.15, -0.1) is 0 Å². The van der Waals surface area contributed by atoms with Crippen LogP contribution in [-0.2, 0) is 19.0 Å². The van der Waals surface area contributed by atoms with Gasteiger partial charge in [0.1, 0.15) is 17.7 Å². The van der Waals surface area contributed by atoms with Crippen molar-refractivity contribution in [3.05, 3.63) is 23.3 Å². The molecule has 2 atom stereocenters. The lowest BCUT2D eigenvalue weighted by Crippen LogP contribution is -2.44. The third kappa shape index (κ3) is 4.48. The van der Waals surface area contributed by atoms with E-state index in [-0.39, 0.29) is 13.0 Å². The Morgan fingerprint density at radius 3 is 2.54 bits per heavy atom. The largest absolute Gasteiger partial charge is 0.467 e. The number of allylic oxidation sites excluding steroid dienone is 1. The van der Waals surface area contributed by atoms with Gasteiger partial charge in [-0.05, 0) is 44.8 Å². The fraction of sp³-hybridized carbons (Fsp3) is 0.650. The molecule has 2 aliphatic heterocycles. The maximum absolute atomic E-state index is 12.6. The van der Waals surface area contributed by atoms with Crippen molar-refractivity contribution in [2.75, 3.05) is 26.7 Å². The van der Waals surface area contributed by atoms with Gasteiger partial charge in [-0.25, -0.2) is 14.4 Å². The summed E-state index contributed by atoms with van der Waals surface area (Å²) in [5.41, 5.74) is 1.76. The predicted molar refractivity (Wildman–Crippen MR) is 101 cm³/mol. The minimum Gasteiger partial charge on any atom is -0.467 e. The fourth-order valence-electron chi connectivity index (χ4n) is 3.71. The third-order valence-electron chi connectivity index (χ3n) is 5.02. The van der Waals surface area contributed by atoms with Crippen molar-refractivity contribution in [1.29, 1.82) is 0 Å². The Morgan fingerprint density at radius 1 is 1.14 bits per heavy atom. The second-order valence-electron chi connectivity index (χ2n) is 8.34. The number of hydrogen-bond acceptors (Lipinski definition) is 6. The monoisotopic (exact) mass is 392 g/mol. The Balaban J connectivity index is 1.61. The maximum atomic E-state index is 12.6. The van der Waals surface area contributed by atoms with Gasteiger partial charge in [0.2, 0.25) is 0 Å². The fourth-order valence-corrected chi connectivity index (χ4v) is 3.71. The number of likely N-dealkylation sites (tertiary alicyclic amines) is 1. The second-order valence-corrected chi connectivity index (χ2v) is 8.34. The summed E-state index contributed by atoms with van der Waals surface area (Å²) < 4.78 is 15.8. The molecular formula is C20H28N2O6. The van der Waals surface area contributed by atoms with Crippen LogP contribution in [0.5, 0.6) is 0 Å². The van der Waals surface area contributed by atoms with Crippen LogP contribution in [0.2, 0.25) is 0 Å². The van der Waals surface area contributed by atoms with Gasteiger partial charge in [0.25, 0.3) is 0 Å². The first kappa shape index (κ1) is 20.2. The average molecular weight is 392 g/mol. The molecule has 1 fully saturated rings. The Morgan fingerprint density at radius 2 is 1.89 bits per heavy atom. The first-order valence-corrected chi connectivity index (χ1v) is 9.58. The number of carbonyl (C=O) groups is 3. The number of nitrogens with zero attached hydrogens (tertiary/aromatic N) is 2. The quantitative estimate of drug-likeness (QED) is 0.530. The number of methoxy groups -OCH3 is 1. The molecule has 0 radical (unpaired) electrons. The zero-order valence-corrected chi connectivity index (χ0v) is 16.9. The highest BCUT2D eigenvalue weighted by Crippen LogP contribution is 2.29. The van der Waals surface area contributed by atoms with E-state index in [9.17, 15) is 14.4 Å². The molecule has 0 N–H and O–H groups in total. The number of hydrogen-bond donors (Lipinski definition) is 0. The molecule has 0 aromatic rings. The standard InChI is InChI=1S/C20H28N2O6/c1-20(2,3)28-19(25)22-12-15(9-16(22)17(23)26-4)27-18(24)21-10-13-7-5-6-8-14(13)11-21/h5,7,15-16H,6,8-12H2,1-4H3/t15-,16+/m1/s1. The van der Waals surface area contributed by atoms with Crippen molar-refractivity contribution in [2.45, 2.75) is 57.8 Å². The summed E-state index contributed by atoms with van der Waals surface area (Å²) in [5.74, 6) is -0.548. The van der Waals surface area contributed by atoms with E-state index >= 15 is 0 Å². The molecule has 1 saturated heterocycles. The topological polar surface area (TPSA) is 85.4 Å². The van der Waals surface area contributed by atoms with Crippen LogP contribution in [0.3, 0.4) is 0 Å². The highest BCUT2D eigenvalue weighted by atomic mass is 16.6. The normalized spacial score (nSPS) is 24.3. The van der Waals surface area contributed by atoms with Crippen LogP contribution in [0.15, 0.2) is 23.3 Å². The first-order chi connectivity index (χ1) is 13.2. The van der Waals surface area contributed by atoms with E-state index in [0.29, 0.717) is 13.1 Å². The van der Waals surface area contributed by atoms with E-state index in [4.69, 9.17) is 14.2 Å². The Kier molecular flexibility index (Phi) is 5.67. The van der Waals surface area contributed by atoms with Gasteiger partial charge in [-0.3, -0.25) is 9.80 Å². The Bertz CT molecular complexity index is 721. The third-order valence-corrected chi connectivity index (χ3v) is 5.02. The van der Waals surface area contributed by atoms with Crippen molar-refractivity contribution in [2.24, 2.45) is 0 Å². The summed E-state index contributed by atoms with van der Waals surface area (Å²) >= 11 is 0. The molecule has 2 amide bonds. The number of carbonyl (C=O) groups excluding carboxylic acids is 3. The van der Waals surface area contributed by atoms with Crippen LogP contribution in [0.1, 0.15) is 40.0 Å². The molecule has 0 saturated carbocycles. The highest BCUT2D eigenvalue weighted by Gasteiger charge is 2.44. The van der Waals surface area contributed by atoms with Crippen LogP contribution in [0, 0.1) is 0 Å². The van der Waals surface area contributed by atoms with Crippen LogP contribution < -0.4 is 0 Å². The maximum Gasteiger partial charge on any atom is 0.411 e. The summed E-state index contributed by atoms with van der Waals surface area (Å²) in [7, 11) is 1.27. The van der Waals surface area contributed by atoms with E-state index in [1.165, 1.54) is 23.2 Å². The van der Waals surface area contributed by atoms with Crippen molar-refractivity contribution in [3.63, 3.8) is 0 Å². The van der Waals surface area contributed by atoms with E-state index < -0.39 is 35.9 Å². The highest BCUT2D eigenvalue weighted by molar-refractivity contribution is 5.82. The predicted octanol–water partition coefficient (Wildman–Crippen LogP) is 2.64. The van der Waals surface area contributed by atoms with Gasteiger partial charge in [-0.1, -0.05) is 12.2 Å². The van der Waals surface area contributed by atoms with E-state index in [0.717, 1.165) is 12.8 Å². The zero-order valence-electron chi connectivity index (χ0n) is 16.9. The minimum absolute atomic E-state index is 0.0985. The van der Waals surface area contributed by atoms with Crippen molar-refractivity contribution >= 4 is 18.2 Å². The lowest BCUT2D eigenvalue weighted by Gasteiger charge is -2.27. The molecule has 8 nitrogen and oxygen atoms in total. The lowest BCUT2D eigenvalue weighted by atomic mass is 10.0. The number of rotatable bonds is 2. The van der Waals surface area contributed by atoms with Gasteiger partial charge >= 0.3 is 18.2 Å². The Hall–Kier alpha value is -2.51. The molecule has 28 heavy (non-hydrogen) atoms. The summed E-state index contributed by atoms with van der Waals surface area (Å²) in [6.07, 6.45) is 4.71. The van der Waals surface area contributed by atoms with Gasteiger partial charge in [-0.2, -0.15) is 0 Å². The molecule has 0 unspecified atom stereocenters. The van der Waals surface area contributed by atoms with E-state index in [1.807, 2.05) is 0 Å². The molecular weight excluding hydrogens is 364 g/mol. The molecule has 0 bridgehead atoms. The number of amides is 2. The van der Waals surface area contributed by atoms with Gasteiger partial charge in [0.15, 0.2) is 0 Å². The molecule has 0 aromatic heterocycles. The Labute approximate surface area is 165 Å². The number of esters is 1. The molecule has 8 heteroatoms.